The van der Waals surface area contributed by atoms with E-state index in [9.17, 15) is 0 Å². The second kappa shape index (κ2) is 5.89. The van der Waals surface area contributed by atoms with Crippen LogP contribution in [0.3, 0.4) is 0 Å². The lowest BCUT2D eigenvalue weighted by atomic mass is 9.77. The van der Waals surface area contributed by atoms with Crippen molar-refractivity contribution >= 4 is 0 Å². The lowest BCUT2D eigenvalue weighted by Gasteiger charge is -2.47. The first-order valence-electron chi connectivity index (χ1n) is 8.03. The molecule has 3 rings (SSSR count). The standard InChI is InChI=1S/C15H29N3/c16-11-14-3-4-15(14)18-9-5-13(6-10-18)12-17-7-1-2-8-17/h13-15H,1-12,16H2. The van der Waals surface area contributed by atoms with E-state index in [0.29, 0.717) is 0 Å². The molecule has 3 nitrogen and oxygen atoms in total. The van der Waals surface area contributed by atoms with Crippen molar-refractivity contribution < 1.29 is 0 Å². The van der Waals surface area contributed by atoms with Crippen molar-refractivity contribution in [1.29, 1.82) is 0 Å². The van der Waals surface area contributed by atoms with Crippen molar-refractivity contribution in [3.05, 3.63) is 0 Å². The Morgan fingerprint density at radius 3 is 2.17 bits per heavy atom. The number of nitrogens with two attached hydrogens (primary N) is 1. The first-order chi connectivity index (χ1) is 8.86. The summed E-state index contributed by atoms with van der Waals surface area (Å²) in [6, 6.07) is 0.836. The highest BCUT2D eigenvalue weighted by Gasteiger charge is 2.36. The molecular formula is C15H29N3. The average molecular weight is 251 g/mol. The van der Waals surface area contributed by atoms with E-state index in [4.69, 9.17) is 5.73 Å². The van der Waals surface area contributed by atoms with Gasteiger partial charge in [0.1, 0.15) is 0 Å². The SMILES string of the molecule is NCC1CCC1N1CCC(CN2CCCC2)CC1. The highest BCUT2D eigenvalue weighted by molar-refractivity contribution is 4.91. The van der Waals surface area contributed by atoms with Crippen molar-refractivity contribution in [1.82, 2.24) is 9.80 Å². The van der Waals surface area contributed by atoms with E-state index in [1.54, 1.807) is 0 Å². The van der Waals surface area contributed by atoms with Crippen LogP contribution in [0.15, 0.2) is 0 Å². The van der Waals surface area contributed by atoms with Crippen LogP contribution in [0.2, 0.25) is 0 Å². The molecule has 2 N–H and O–H groups in total. The zero-order chi connectivity index (χ0) is 12.4. The Labute approximate surface area is 112 Å². The molecule has 0 radical (unpaired) electrons. The second-order valence-corrected chi connectivity index (χ2v) is 6.63. The molecule has 1 aliphatic carbocycles. The molecule has 0 aromatic heterocycles. The number of likely N-dealkylation sites (tertiary alicyclic amines) is 2. The summed E-state index contributed by atoms with van der Waals surface area (Å²) in [5.74, 6) is 1.77. The summed E-state index contributed by atoms with van der Waals surface area (Å²) in [7, 11) is 0. The number of hydrogen-bond donors (Lipinski definition) is 1. The van der Waals surface area contributed by atoms with Crippen LogP contribution < -0.4 is 5.73 Å². The van der Waals surface area contributed by atoms with Crippen molar-refractivity contribution in [3.8, 4) is 0 Å². The fourth-order valence-electron chi connectivity index (χ4n) is 4.10. The highest BCUT2D eigenvalue weighted by Crippen LogP contribution is 2.34. The summed E-state index contributed by atoms with van der Waals surface area (Å²) >= 11 is 0. The van der Waals surface area contributed by atoms with Gasteiger partial charge in [-0.15, -0.1) is 0 Å². The van der Waals surface area contributed by atoms with Gasteiger partial charge in [0, 0.05) is 12.6 Å². The van der Waals surface area contributed by atoms with Gasteiger partial charge in [-0.05, 0) is 83.1 Å². The molecule has 18 heavy (non-hydrogen) atoms. The molecule has 2 unspecified atom stereocenters. The molecule has 2 heterocycles. The van der Waals surface area contributed by atoms with Crippen molar-refractivity contribution in [2.24, 2.45) is 17.6 Å². The van der Waals surface area contributed by atoms with E-state index < -0.39 is 0 Å². The predicted octanol–water partition coefficient (Wildman–Crippen LogP) is 1.53. The maximum atomic E-state index is 5.83. The molecule has 104 valence electrons. The number of piperidine rings is 1. The zero-order valence-corrected chi connectivity index (χ0v) is 11.7. The van der Waals surface area contributed by atoms with Gasteiger partial charge in [0.15, 0.2) is 0 Å². The molecule has 0 spiro atoms. The minimum Gasteiger partial charge on any atom is -0.330 e. The fourth-order valence-corrected chi connectivity index (χ4v) is 4.10. The number of rotatable bonds is 4. The molecule has 0 aromatic carbocycles. The Kier molecular flexibility index (Phi) is 4.22. The average Bonchev–Trinajstić information content (AvgIpc) is 2.84. The minimum atomic E-state index is 0.806. The Bertz CT molecular complexity index is 252. The quantitative estimate of drug-likeness (QED) is 0.822. The fraction of sp³-hybridized carbons (Fsp3) is 1.00. The van der Waals surface area contributed by atoms with Crippen LogP contribution in [0, 0.1) is 11.8 Å². The monoisotopic (exact) mass is 251 g/mol. The second-order valence-electron chi connectivity index (χ2n) is 6.63. The van der Waals surface area contributed by atoms with Gasteiger partial charge in [-0.1, -0.05) is 0 Å². The van der Waals surface area contributed by atoms with Crippen molar-refractivity contribution in [2.45, 2.75) is 44.6 Å². The van der Waals surface area contributed by atoms with Crippen molar-refractivity contribution in [3.63, 3.8) is 0 Å². The zero-order valence-electron chi connectivity index (χ0n) is 11.7. The summed E-state index contributed by atoms with van der Waals surface area (Å²) in [6.07, 6.45) is 8.47. The highest BCUT2D eigenvalue weighted by atomic mass is 15.2. The summed E-state index contributed by atoms with van der Waals surface area (Å²) in [5.41, 5.74) is 5.83. The Hall–Kier alpha value is -0.120. The Morgan fingerprint density at radius 2 is 1.61 bits per heavy atom. The molecule has 2 atom stereocenters. The third-order valence-electron chi connectivity index (χ3n) is 5.51. The van der Waals surface area contributed by atoms with E-state index in [-0.39, 0.29) is 0 Å². The minimum absolute atomic E-state index is 0.806. The first kappa shape index (κ1) is 12.9. The van der Waals surface area contributed by atoms with Crippen LogP contribution in [0.4, 0.5) is 0 Å². The molecule has 2 saturated heterocycles. The van der Waals surface area contributed by atoms with Gasteiger partial charge in [0.05, 0.1) is 0 Å². The summed E-state index contributed by atoms with van der Waals surface area (Å²) < 4.78 is 0. The summed E-state index contributed by atoms with van der Waals surface area (Å²) in [4.78, 5) is 5.42. The van der Waals surface area contributed by atoms with Gasteiger partial charge in [-0.3, -0.25) is 0 Å². The van der Waals surface area contributed by atoms with E-state index in [1.165, 1.54) is 71.2 Å². The molecule has 1 saturated carbocycles. The normalized spacial score (nSPS) is 35.8. The summed E-state index contributed by atoms with van der Waals surface area (Å²) in [5, 5.41) is 0. The van der Waals surface area contributed by atoms with Crippen LogP contribution in [-0.4, -0.2) is 55.1 Å². The van der Waals surface area contributed by atoms with Crippen LogP contribution in [-0.2, 0) is 0 Å². The van der Waals surface area contributed by atoms with Crippen LogP contribution in [0.5, 0.6) is 0 Å². The lowest BCUT2D eigenvalue weighted by Crippen LogP contribution is -2.52. The van der Waals surface area contributed by atoms with Gasteiger partial charge >= 0.3 is 0 Å². The maximum absolute atomic E-state index is 5.83. The molecule has 3 heteroatoms. The molecule has 3 fully saturated rings. The van der Waals surface area contributed by atoms with Gasteiger partial charge < -0.3 is 15.5 Å². The number of hydrogen-bond acceptors (Lipinski definition) is 3. The van der Waals surface area contributed by atoms with Gasteiger partial charge in [-0.25, -0.2) is 0 Å². The topological polar surface area (TPSA) is 32.5 Å². The molecular weight excluding hydrogens is 222 g/mol. The predicted molar refractivity (Wildman–Crippen MR) is 75.5 cm³/mol. The summed E-state index contributed by atoms with van der Waals surface area (Å²) in [6.45, 7) is 7.66. The molecule has 2 aliphatic heterocycles. The van der Waals surface area contributed by atoms with Crippen LogP contribution in [0.1, 0.15) is 38.5 Å². The number of nitrogens with zero attached hydrogens (tertiary/aromatic N) is 2. The van der Waals surface area contributed by atoms with Gasteiger partial charge in [0.25, 0.3) is 0 Å². The van der Waals surface area contributed by atoms with E-state index in [2.05, 4.69) is 9.80 Å². The van der Waals surface area contributed by atoms with Gasteiger partial charge in [0.2, 0.25) is 0 Å². The largest absolute Gasteiger partial charge is 0.330 e. The molecule has 0 amide bonds. The van der Waals surface area contributed by atoms with E-state index in [1.807, 2.05) is 0 Å². The Balaban J connectivity index is 1.40. The maximum Gasteiger partial charge on any atom is 0.0136 e. The van der Waals surface area contributed by atoms with Crippen LogP contribution in [0.25, 0.3) is 0 Å². The van der Waals surface area contributed by atoms with E-state index in [0.717, 1.165) is 24.4 Å². The third kappa shape index (κ3) is 2.73. The Morgan fingerprint density at radius 1 is 0.889 bits per heavy atom. The smallest absolute Gasteiger partial charge is 0.0136 e. The molecule has 0 aromatic rings. The molecule has 0 bridgehead atoms. The van der Waals surface area contributed by atoms with Crippen LogP contribution >= 0.6 is 0 Å². The van der Waals surface area contributed by atoms with Crippen molar-refractivity contribution in [2.75, 3.05) is 39.3 Å². The van der Waals surface area contributed by atoms with Gasteiger partial charge in [-0.2, -0.15) is 0 Å². The molecule has 3 aliphatic rings. The van der Waals surface area contributed by atoms with E-state index >= 15 is 0 Å². The lowest BCUT2D eigenvalue weighted by molar-refractivity contribution is 0.0334. The third-order valence-corrected chi connectivity index (χ3v) is 5.51. The first-order valence-corrected chi connectivity index (χ1v) is 8.03.